The van der Waals surface area contributed by atoms with Crippen molar-refractivity contribution in [2.75, 3.05) is 5.75 Å². The Morgan fingerprint density at radius 3 is 2.47 bits per heavy atom. The minimum Gasteiger partial charge on any atom is -0.352 e. The maximum Gasteiger partial charge on any atom is 0.220 e. The molecule has 6 heteroatoms. The molecule has 0 saturated carbocycles. The molecule has 0 aliphatic carbocycles. The predicted octanol–water partition coefficient (Wildman–Crippen LogP) is 0.372. The molecule has 0 fully saturated rings. The number of primary sulfonamides is 1. The van der Waals surface area contributed by atoms with E-state index in [1.807, 2.05) is 30.3 Å². The summed E-state index contributed by atoms with van der Waals surface area (Å²) in [6.45, 7) is 0.453. The number of carbonyl (C=O) groups excluding carboxylic acids is 1. The van der Waals surface area contributed by atoms with Gasteiger partial charge in [0.1, 0.15) is 0 Å². The molecule has 17 heavy (non-hydrogen) atoms. The monoisotopic (exact) mass is 256 g/mol. The Labute approximate surface area is 101 Å². The second-order valence-corrected chi connectivity index (χ2v) is 5.47. The molecule has 0 aliphatic heterocycles. The fourth-order valence-electron chi connectivity index (χ4n) is 1.32. The van der Waals surface area contributed by atoms with Crippen LogP contribution in [0.15, 0.2) is 30.3 Å². The summed E-state index contributed by atoms with van der Waals surface area (Å²) in [5.41, 5.74) is 1.01. The highest BCUT2D eigenvalue weighted by molar-refractivity contribution is 7.89. The van der Waals surface area contributed by atoms with Crippen molar-refractivity contribution < 1.29 is 13.2 Å². The first-order valence-electron chi connectivity index (χ1n) is 5.28. The second kappa shape index (κ2) is 6.36. The molecular weight excluding hydrogens is 240 g/mol. The average molecular weight is 256 g/mol. The van der Waals surface area contributed by atoms with Crippen LogP contribution in [0.5, 0.6) is 0 Å². The average Bonchev–Trinajstić information content (AvgIpc) is 2.26. The number of amides is 1. The minimum atomic E-state index is -3.47. The van der Waals surface area contributed by atoms with Crippen molar-refractivity contribution in [2.45, 2.75) is 19.4 Å². The van der Waals surface area contributed by atoms with Gasteiger partial charge in [-0.15, -0.1) is 0 Å². The zero-order valence-corrected chi connectivity index (χ0v) is 10.2. The summed E-state index contributed by atoms with van der Waals surface area (Å²) < 4.78 is 21.3. The van der Waals surface area contributed by atoms with E-state index in [2.05, 4.69) is 5.32 Å². The van der Waals surface area contributed by atoms with Gasteiger partial charge in [-0.1, -0.05) is 30.3 Å². The summed E-state index contributed by atoms with van der Waals surface area (Å²) in [5.74, 6) is -0.330. The van der Waals surface area contributed by atoms with E-state index < -0.39 is 10.0 Å². The van der Waals surface area contributed by atoms with E-state index in [0.29, 0.717) is 6.54 Å². The first-order valence-corrected chi connectivity index (χ1v) is 7.00. The first kappa shape index (κ1) is 13.7. The molecule has 0 bridgehead atoms. The zero-order chi connectivity index (χ0) is 12.7. The third-order valence-electron chi connectivity index (χ3n) is 2.17. The lowest BCUT2D eigenvalue weighted by atomic mass is 10.2. The number of nitrogens with one attached hydrogen (secondary N) is 1. The fraction of sp³-hybridized carbons (Fsp3) is 0.364. The normalized spacial score (nSPS) is 11.1. The van der Waals surface area contributed by atoms with Crippen molar-refractivity contribution in [2.24, 2.45) is 5.14 Å². The van der Waals surface area contributed by atoms with Crippen LogP contribution in [0.4, 0.5) is 0 Å². The maximum absolute atomic E-state index is 11.4. The van der Waals surface area contributed by atoms with Crippen molar-refractivity contribution in [3.05, 3.63) is 35.9 Å². The Morgan fingerprint density at radius 1 is 1.24 bits per heavy atom. The van der Waals surface area contributed by atoms with Crippen LogP contribution in [0.1, 0.15) is 18.4 Å². The molecule has 0 aromatic heterocycles. The van der Waals surface area contributed by atoms with Gasteiger partial charge in [0, 0.05) is 13.0 Å². The number of benzene rings is 1. The van der Waals surface area contributed by atoms with Crippen LogP contribution in [-0.2, 0) is 21.4 Å². The van der Waals surface area contributed by atoms with Gasteiger partial charge >= 0.3 is 0 Å². The Morgan fingerprint density at radius 2 is 1.88 bits per heavy atom. The first-order chi connectivity index (χ1) is 7.97. The van der Waals surface area contributed by atoms with E-state index in [0.717, 1.165) is 5.56 Å². The lowest BCUT2D eigenvalue weighted by molar-refractivity contribution is -0.121. The van der Waals surface area contributed by atoms with Crippen LogP contribution < -0.4 is 10.5 Å². The highest BCUT2D eigenvalue weighted by Crippen LogP contribution is 1.98. The van der Waals surface area contributed by atoms with Crippen molar-refractivity contribution in [1.29, 1.82) is 0 Å². The van der Waals surface area contributed by atoms with Gasteiger partial charge in [-0.25, -0.2) is 13.6 Å². The largest absolute Gasteiger partial charge is 0.352 e. The fourth-order valence-corrected chi connectivity index (χ4v) is 1.87. The highest BCUT2D eigenvalue weighted by atomic mass is 32.2. The van der Waals surface area contributed by atoms with E-state index in [1.165, 1.54) is 0 Å². The smallest absolute Gasteiger partial charge is 0.220 e. The second-order valence-electron chi connectivity index (χ2n) is 3.73. The van der Waals surface area contributed by atoms with Gasteiger partial charge in [-0.05, 0) is 12.0 Å². The maximum atomic E-state index is 11.4. The van der Waals surface area contributed by atoms with Crippen LogP contribution >= 0.6 is 0 Å². The molecule has 0 radical (unpaired) electrons. The Bertz CT molecular complexity index is 457. The molecule has 0 saturated heterocycles. The molecule has 1 aromatic rings. The molecule has 94 valence electrons. The van der Waals surface area contributed by atoms with E-state index in [9.17, 15) is 13.2 Å². The van der Waals surface area contributed by atoms with Gasteiger partial charge < -0.3 is 5.32 Å². The van der Waals surface area contributed by atoms with Crippen molar-refractivity contribution in [3.63, 3.8) is 0 Å². The molecule has 3 N–H and O–H groups in total. The van der Waals surface area contributed by atoms with Gasteiger partial charge in [0.2, 0.25) is 15.9 Å². The topological polar surface area (TPSA) is 89.3 Å². The summed E-state index contributed by atoms with van der Waals surface area (Å²) in [6.07, 6.45) is 0.419. The number of hydrogen-bond acceptors (Lipinski definition) is 3. The quantitative estimate of drug-likeness (QED) is 0.770. The number of sulfonamides is 1. The SMILES string of the molecule is NS(=O)(=O)CCCC(=O)NCc1ccccc1. The van der Waals surface area contributed by atoms with Gasteiger partial charge in [0.25, 0.3) is 0 Å². The standard InChI is InChI=1S/C11H16N2O3S/c12-17(15,16)8-4-7-11(14)13-9-10-5-2-1-3-6-10/h1-3,5-6H,4,7-9H2,(H,13,14)(H2,12,15,16). The van der Waals surface area contributed by atoms with Gasteiger partial charge in [0.05, 0.1) is 5.75 Å². The van der Waals surface area contributed by atoms with Crippen molar-refractivity contribution in [1.82, 2.24) is 5.32 Å². The van der Waals surface area contributed by atoms with Crippen LogP contribution in [0, 0.1) is 0 Å². The molecular formula is C11H16N2O3S. The lowest BCUT2D eigenvalue weighted by Crippen LogP contribution is -2.24. The molecule has 1 rings (SSSR count). The molecule has 0 unspecified atom stereocenters. The highest BCUT2D eigenvalue weighted by Gasteiger charge is 2.05. The van der Waals surface area contributed by atoms with Gasteiger partial charge in [0.15, 0.2) is 0 Å². The van der Waals surface area contributed by atoms with E-state index in [4.69, 9.17) is 5.14 Å². The molecule has 1 aromatic carbocycles. The summed E-state index contributed by atoms with van der Waals surface area (Å²) in [5, 5.41) is 7.54. The number of carbonyl (C=O) groups is 1. The zero-order valence-electron chi connectivity index (χ0n) is 9.43. The predicted molar refractivity (Wildman–Crippen MR) is 65.5 cm³/mol. The third kappa shape index (κ3) is 6.70. The van der Waals surface area contributed by atoms with E-state index in [-0.39, 0.29) is 24.5 Å². The Hall–Kier alpha value is -1.40. The van der Waals surface area contributed by atoms with Crippen LogP contribution in [0.25, 0.3) is 0 Å². The van der Waals surface area contributed by atoms with Crippen LogP contribution in [-0.4, -0.2) is 20.1 Å². The number of nitrogens with two attached hydrogens (primary N) is 1. The van der Waals surface area contributed by atoms with Crippen molar-refractivity contribution in [3.8, 4) is 0 Å². The Kier molecular flexibility index (Phi) is 5.11. The molecule has 0 atom stereocenters. The third-order valence-corrected chi connectivity index (χ3v) is 3.02. The Balaban J connectivity index is 2.22. The van der Waals surface area contributed by atoms with E-state index >= 15 is 0 Å². The van der Waals surface area contributed by atoms with Gasteiger partial charge in [-0.2, -0.15) is 0 Å². The van der Waals surface area contributed by atoms with Crippen LogP contribution in [0.3, 0.4) is 0 Å². The summed E-state index contributed by atoms with van der Waals surface area (Å²) in [4.78, 5) is 11.4. The summed E-state index contributed by atoms with van der Waals surface area (Å²) in [7, 11) is -3.47. The molecule has 1 amide bonds. The lowest BCUT2D eigenvalue weighted by Gasteiger charge is -2.04. The number of hydrogen-bond donors (Lipinski definition) is 2. The van der Waals surface area contributed by atoms with Crippen LogP contribution in [0.2, 0.25) is 0 Å². The molecule has 0 aliphatic rings. The minimum absolute atomic E-state index is 0.161. The molecule has 0 spiro atoms. The summed E-state index contributed by atoms with van der Waals surface area (Å²) >= 11 is 0. The summed E-state index contributed by atoms with van der Waals surface area (Å²) in [6, 6.07) is 9.50. The molecule has 5 nitrogen and oxygen atoms in total. The van der Waals surface area contributed by atoms with Gasteiger partial charge in [-0.3, -0.25) is 4.79 Å². The van der Waals surface area contributed by atoms with E-state index in [1.54, 1.807) is 0 Å². The number of rotatable bonds is 6. The molecule has 0 heterocycles. The van der Waals surface area contributed by atoms with Crippen molar-refractivity contribution >= 4 is 15.9 Å².